The molecule has 3 nitrogen and oxygen atoms in total. The average molecular weight is 338 g/mol. The van der Waals surface area contributed by atoms with E-state index in [1.807, 2.05) is 31.2 Å². The SMILES string of the molecule is Cc1cc2c(NC(C)c3cccc(Cl)c3)nc(Cl)nc2s1. The molecule has 21 heavy (non-hydrogen) atoms. The molecule has 1 unspecified atom stereocenters. The number of aryl methyl sites for hydroxylation is 1. The molecule has 1 aromatic carbocycles. The normalized spacial score (nSPS) is 12.6. The van der Waals surface area contributed by atoms with Gasteiger partial charge >= 0.3 is 0 Å². The Morgan fingerprint density at radius 3 is 2.76 bits per heavy atom. The van der Waals surface area contributed by atoms with Gasteiger partial charge in [0.05, 0.1) is 11.4 Å². The molecule has 0 aliphatic heterocycles. The van der Waals surface area contributed by atoms with E-state index in [-0.39, 0.29) is 11.3 Å². The van der Waals surface area contributed by atoms with Gasteiger partial charge in [-0.25, -0.2) is 9.97 Å². The van der Waals surface area contributed by atoms with Crippen molar-refractivity contribution >= 4 is 50.6 Å². The lowest BCUT2D eigenvalue weighted by Crippen LogP contribution is -2.08. The van der Waals surface area contributed by atoms with Crippen molar-refractivity contribution in [2.45, 2.75) is 19.9 Å². The van der Waals surface area contributed by atoms with Crippen LogP contribution < -0.4 is 5.32 Å². The quantitative estimate of drug-likeness (QED) is 0.643. The van der Waals surface area contributed by atoms with E-state index in [4.69, 9.17) is 23.2 Å². The molecule has 0 aliphatic rings. The first-order chi connectivity index (χ1) is 10.0. The number of nitrogens with zero attached hydrogens (tertiary/aromatic N) is 2. The molecule has 0 radical (unpaired) electrons. The van der Waals surface area contributed by atoms with Crippen LogP contribution in [0.3, 0.4) is 0 Å². The third-order valence-electron chi connectivity index (χ3n) is 3.19. The molecule has 0 saturated carbocycles. The van der Waals surface area contributed by atoms with Crippen LogP contribution in [0.15, 0.2) is 30.3 Å². The number of aromatic nitrogens is 2. The van der Waals surface area contributed by atoms with Crippen LogP contribution in [0.25, 0.3) is 10.2 Å². The second kappa shape index (κ2) is 5.79. The summed E-state index contributed by atoms with van der Waals surface area (Å²) in [6, 6.07) is 9.91. The minimum absolute atomic E-state index is 0.0677. The van der Waals surface area contributed by atoms with Crippen LogP contribution in [0.5, 0.6) is 0 Å². The van der Waals surface area contributed by atoms with Crippen LogP contribution in [0, 0.1) is 6.92 Å². The predicted molar refractivity (Wildman–Crippen MR) is 90.7 cm³/mol. The Morgan fingerprint density at radius 2 is 2.00 bits per heavy atom. The van der Waals surface area contributed by atoms with Gasteiger partial charge in [-0.05, 0) is 49.2 Å². The lowest BCUT2D eigenvalue weighted by molar-refractivity contribution is 0.876. The summed E-state index contributed by atoms with van der Waals surface area (Å²) in [7, 11) is 0. The van der Waals surface area contributed by atoms with Gasteiger partial charge in [0.25, 0.3) is 0 Å². The fourth-order valence-electron chi connectivity index (χ4n) is 2.19. The zero-order valence-corrected chi connectivity index (χ0v) is 13.9. The predicted octanol–water partition coefficient (Wildman–Crippen LogP) is 5.48. The molecule has 6 heteroatoms. The number of fused-ring (bicyclic) bond motifs is 1. The first-order valence-electron chi connectivity index (χ1n) is 6.48. The third kappa shape index (κ3) is 3.12. The van der Waals surface area contributed by atoms with Crippen LogP contribution in [-0.2, 0) is 0 Å². The van der Waals surface area contributed by atoms with Crippen LogP contribution in [0.1, 0.15) is 23.4 Å². The van der Waals surface area contributed by atoms with Crippen molar-refractivity contribution in [3.8, 4) is 0 Å². The molecule has 0 aliphatic carbocycles. The molecule has 1 atom stereocenters. The second-order valence-electron chi connectivity index (χ2n) is 4.84. The maximum absolute atomic E-state index is 6.04. The highest BCUT2D eigenvalue weighted by Gasteiger charge is 2.13. The number of nitrogens with one attached hydrogen (secondary N) is 1. The number of thiophene rings is 1. The molecule has 2 aromatic heterocycles. The number of anilines is 1. The van der Waals surface area contributed by atoms with Crippen LogP contribution >= 0.6 is 34.5 Å². The van der Waals surface area contributed by atoms with Crippen LogP contribution in [0.4, 0.5) is 5.82 Å². The van der Waals surface area contributed by atoms with Crippen molar-refractivity contribution < 1.29 is 0 Å². The zero-order chi connectivity index (χ0) is 15.0. The maximum atomic E-state index is 6.04. The van der Waals surface area contributed by atoms with Gasteiger partial charge < -0.3 is 5.32 Å². The zero-order valence-electron chi connectivity index (χ0n) is 11.5. The van der Waals surface area contributed by atoms with Crippen molar-refractivity contribution in [3.05, 3.63) is 51.1 Å². The van der Waals surface area contributed by atoms with Gasteiger partial charge in [0.1, 0.15) is 10.6 Å². The summed E-state index contributed by atoms with van der Waals surface area (Å²) in [4.78, 5) is 10.7. The van der Waals surface area contributed by atoms with Gasteiger partial charge in [-0.3, -0.25) is 0 Å². The van der Waals surface area contributed by atoms with Gasteiger partial charge in [0, 0.05) is 9.90 Å². The Kier molecular flexibility index (Phi) is 4.02. The number of rotatable bonds is 3. The summed E-state index contributed by atoms with van der Waals surface area (Å²) < 4.78 is 0. The molecule has 3 rings (SSSR count). The molecule has 0 spiro atoms. The summed E-state index contributed by atoms with van der Waals surface area (Å²) >= 11 is 13.7. The number of hydrogen-bond acceptors (Lipinski definition) is 4. The largest absolute Gasteiger partial charge is 0.363 e. The number of hydrogen-bond donors (Lipinski definition) is 1. The Morgan fingerprint density at radius 1 is 1.19 bits per heavy atom. The summed E-state index contributed by atoms with van der Waals surface area (Å²) in [5, 5.41) is 5.37. The fourth-order valence-corrected chi connectivity index (χ4v) is 3.49. The molecule has 0 fully saturated rings. The Bertz CT molecular complexity index is 801. The Labute approximate surface area is 137 Å². The lowest BCUT2D eigenvalue weighted by Gasteiger charge is -2.16. The lowest BCUT2D eigenvalue weighted by atomic mass is 10.1. The van der Waals surface area contributed by atoms with E-state index in [0.29, 0.717) is 0 Å². The van der Waals surface area contributed by atoms with E-state index in [9.17, 15) is 0 Å². The van der Waals surface area contributed by atoms with E-state index in [2.05, 4.69) is 28.3 Å². The van der Waals surface area contributed by atoms with Crippen molar-refractivity contribution in [3.63, 3.8) is 0 Å². The minimum atomic E-state index is 0.0677. The van der Waals surface area contributed by atoms with Crippen molar-refractivity contribution in [2.75, 3.05) is 5.32 Å². The van der Waals surface area contributed by atoms with E-state index in [0.717, 1.165) is 26.6 Å². The van der Waals surface area contributed by atoms with Gasteiger partial charge in [-0.2, -0.15) is 0 Å². The molecule has 2 heterocycles. The van der Waals surface area contributed by atoms with Crippen molar-refractivity contribution in [2.24, 2.45) is 0 Å². The maximum Gasteiger partial charge on any atom is 0.225 e. The number of benzene rings is 1. The summed E-state index contributed by atoms with van der Waals surface area (Å²) in [6.45, 7) is 4.11. The molecule has 3 aromatic rings. The molecular weight excluding hydrogens is 325 g/mol. The standard InChI is InChI=1S/C15H13Cl2N3S/c1-8-6-12-13(19-15(17)20-14(12)21-8)18-9(2)10-4-3-5-11(16)7-10/h3-7,9H,1-2H3,(H,18,19,20). The summed E-state index contributed by atoms with van der Waals surface area (Å²) in [5.41, 5.74) is 1.09. The second-order valence-corrected chi connectivity index (χ2v) is 6.85. The topological polar surface area (TPSA) is 37.8 Å². The van der Waals surface area contributed by atoms with Crippen LogP contribution in [-0.4, -0.2) is 9.97 Å². The first-order valence-corrected chi connectivity index (χ1v) is 8.06. The van der Waals surface area contributed by atoms with E-state index in [1.165, 1.54) is 4.88 Å². The Hall–Kier alpha value is -1.36. The highest BCUT2D eigenvalue weighted by Crippen LogP contribution is 2.31. The van der Waals surface area contributed by atoms with Gasteiger partial charge in [-0.1, -0.05) is 23.7 Å². The summed E-state index contributed by atoms with van der Waals surface area (Å²) in [5.74, 6) is 0.752. The van der Waals surface area contributed by atoms with E-state index >= 15 is 0 Å². The van der Waals surface area contributed by atoms with Gasteiger partial charge in [-0.15, -0.1) is 11.3 Å². The van der Waals surface area contributed by atoms with Crippen molar-refractivity contribution in [1.29, 1.82) is 0 Å². The van der Waals surface area contributed by atoms with Crippen LogP contribution in [0.2, 0.25) is 10.3 Å². The first kappa shape index (κ1) is 14.6. The van der Waals surface area contributed by atoms with Crippen molar-refractivity contribution in [1.82, 2.24) is 9.97 Å². The van der Waals surface area contributed by atoms with Gasteiger partial charge in [0.15, 0.2) is 0 Å². The highest BCUT2D eigenvalue weighted by atomic mass is 35.5. The Balaban J connectivity index is 1.97. The third-order valence-corrected chi connectivity index (χ3v) is 4.54. The fraction of sp³-hybridized carbons (Fsp3) is 0.200. The van der Waals surface area contributed by atoms with E-state index in [1.54, 1.807) is 11.3 Å². The highest BCUT2D eigenvalue weighted by molar-refractivity contribution is 7.18. The molecule has 108 valence electrons. The van der Waals surface area contributed by atoms with E-state index < -0.39 is 0 Å². The monoisotopic (exact) mass is 337 g/mol. The molecular formula is C15H13Cl2N3S. The molecule has 0 saturated heterocycles. The molecule has 1 N–H and O–H groups in total. The molecule has 0 bridgehead atoms. The smallest absolute Gasteiger partial charge is 0.225 e. The molecule has 0 amide bonds. The number of halogens is 2. The minimum Gasteiger partial charge on any atom is -0.363 e. The summed E-state index contributed by atoms with van der Waals surface area (Å²) in [6.07, 6.45) is 0. The average Bonchev–Trinajstić information content (AvgIpc) is 2.79. The van der Waals surface area contributed by atoms with Gasteiger partial charge in [0.2, 0.25) is 5.28 Å².